The van der Waals surface area contributed by atoms with Gasteiger partial charge in [-0.1, -0.05) is 24.3 Å². The highest BCUT2D eigenvalue weighted by atomic mass is 16.1. The number of allylic oxidation sites excluding steroid dienone is 2. The van der Waals surface area contributed by atoms with E-state index >= 15 is 0 Å². The van der Waals surface area contributed by atoms with Crippen molar-refractivity contribution >= 4 is 11.6 Å². The van der Waals surface area contributed by atoms with E-state index < -0.39 is 0 Å². The normalized spacial score (nSPS) is 17.6. The largest absolute Gasteiger partial charge is 0.326 e. The lowest BCUT2D eigenvalue weighted by atomic mass is 9.93. The summed E-state index contributed by atoms with van der Waals surface area (Å²) >= 11 is 0. The maximum absolute atomic E-state index is 12.2. The van der Waals surface area contributed by atoms with Gasteiger partial charge in [-0.25, -0.2) is 0 Å². The molecule has 1 amide bonds. The van der Waals surface area contributed by atoms with Crippen LogP contribution in [0.2, 0.25) is 0 Å². The summed E-state index contributed by atoms with van der Waals surface area (Å²) in [5, 5.41) is 7.23. The standard InChI is InChI=1S/C17H19N3O/c21-17(15-7-2-1-3-8-15)19-16-9-4-6-14(12-16)13-20-11-5-10-18-20/h1-2,4-6,9-12,15H,3,7-8,13H2,(H,19,21)/t15-/m1/s1. The Labute approximate surface area is 124 Å². The molecule has 4 heteroatoms. The van der Waals surface area contributed by atoms with E-state index in [1.54, 1.807) is 6.20 Å². The van der Waals surface area contributed by atoms with Crippen molar-refractivity contribution in [1.82, 2.24) is 9.78 Å². The predicted octanol–water partition coefficient (Wildman–Crippen LogP) is 3.23. The third-order valence-electron chi connectivity index (χ3n) is 3.74. The Balaban J connectivity index is 1.65. The summed E-state index contributed by atoms with van der Waals surface area (Å²) in [6, 6.07) is 9.86. The molecule has 1 N–H and O–H groups in total. The molecule has 1 aromatic heterocycles. The van der Waals surface area contributed by atoms with Crippen molar-refractivity contribution < 1.29 is 4.79 Å². The molecule has 0 fully saturated rings. The molecule has 0 radical (unpaired) electrons. The van der Waals surface area contributed by atoms with Gasteiger partial charge in [-0.15, -0.1) is 0 Å². The summed E-state index contributed by atoms with van der Waals surface area (Å²) < 4.78 is 1.87. The van der Waals surface area contributed by atoms with Gasteiger partial charge in [0.2, 0.25) is 5.91 Å². The van der Waals surface area contributed by atoms with Gasteiger partial charge >= 0.3 is 0 Å². The van der Waals surface area contributed by atoms with Gasteiger partial charge in [-0.3, -0.25) is 9.48 Å². The molecule has 1 aliphatic carbocycles. The van der Waals surface area contributed by atoms with Crippen molar-refractivity contribution in [3.63, 3.8) is 0 Å². The summed E-state index contributed by atoms with van der Waals surface area (Å²) in [7, 11) is 0. The zero-order valence-electron chi connectivity index (χ0n) is 11.9. The molecule has 2 aromatic rings. The average Bonchev–Trinajstić information content (AvgIpc) is 3.01. The van der Waals surface area contributed by atoms with Crippen LogP contribution < -0.4 is 5.32 Å². The Kier molecular flexibility index (Phi) is 4.15. The Bertz CT molecular complexity index is 631. The Hall–Kier alpha value is -2.36. The number of hydrogen-bond acceptors (Lipinski definition) is 2. The Morgan fingerprint density at radius 1 is 1.33 bits per heavy atom. The molecule has 0 unspecified atom stereocenters. The quantitative estimate of drug-likeness (QED) is 0.875. The second kappa shape index (κ2) is 6.39. The van der Waals surface area contributed by atoms with E-state index in [0.29, 0.717) is 6.54 Å². The van der Waals surface area contributed by atoms with Gasteiger partial charge in [0.25, 0.3) is 0 Å². The van der Waals surface area contributed by atoms with Crippen molar-refractivity contribution in [2.45, 2.75) is 25.8 Å². The number of carbonyl (C=O) groups is 1. The van der Waals surface area contributed by atoms with Crippen LogP contribution in [-0.2, 0) is 11.3 Å². The van der Waals surface area contributed by atoms with Gasteiger partial charge in [0.05, 0.1) is 6.54 Å². The monoisotopic (exact) mass is 281 g/mol. The molecule has 0 saturated carbocycles. The molecular formula is C17H19N3O. The van der Waals surface area contributed by atoms with Crippen LogP contribution in [0.25, 0.3) is 0 Å². The minimum absolute atomic E-state index is 0.102. The molecule has 4 nitrogen and oxygen atoms in total. The summed E-state index contributed by atoms with van der Waals surface area (Å²) in [4.78, 5) is 12.2. The molecule has 108 valence electrons. The molecule has 1 atom stereocenters. The maximum atomic E-state index is 12.2. The molecule has 0 spiro atoms. The van der Waals surface area contributed by atoms with E-state index in [0.717, 1.165) is 30.5 Å². The van der Waals surface area contributed by atoms with Crippen LogP contribution in [0, 0.1) is 5.92 Å². The fraction of sp³-hybridized carbons (Fsp3) is 0.294. The topological polar surface area (TPSA) is 46.9 Å². The average molecular weight is 281 g/mol. The van der Waals surface area contributed by atoms with Crippen molar-refractivity contribution in [3.8, 4) is 0 Å². The number of anilines is 1. The van der Waals surface area contributed by atoms with Gasteiger partial charge in [-0.2, -0.15) is 5.10 Å². The van der Waals surface area contributed by atoms with Crippen molar-refractivity contribution in [2.24, 2.45) is 5.92 Å². The van der Waals surface area contributed by atoms with Crippen molar-refractivity contribution in [1.29, 1.82) is 0 Å². The number of nitrogens with zero attached hydrogens (tertiary/aromatic N) is 2. The fourth-order valence-electron chi connectivity index (χ4n) is 2.60. The Morgan fingerprint density at radius 2 is 2.29 bits per heavy atom. The summed E-state index contributed by atoms with van der Waals surface area (Å²) in [6.45, 7) is 0.711. The van der Waals surface area contributed by atoms with E-state index in [4.69, 9.17) is 0 Å². The SMILES string of the molecule is O=C(Nc1cccc(Cn2cccn2)c1)[C@@H]1CC=CCC1. The molecule has 3 rings (SSSR count). The Morgan fingerprint density at radius 3 is 3.05 bits per heavy atom. The lowest BCUT2D eigenvalue weighted by Gasteiger charge is -2.17. The molecule has 1 aromatic carbocycles. The zero-order chi connectivity index (χ0) is 14.5. The lowest BCUT2D eigenvalue weighted by molar-refractivity contribution is -0.120. The highest BCUT2D eigenvalue weighted by Gasteiger charge is 2.18. The van der Waals surface area contributed by atoms with Crippen molar-refractivity contribution in [3.05, 3.63) is 60.4 Å². The second-order valence-electron chi connectivity index (χ2n) is 5.37. The molecule has 1 heterocycles. The van der Waals surface area contributed by atoms with E-state index in [1.165, 1.54) is 0 Å². The minimum atomic E-state index is 0.102. The van der Waals surface area contributed by atoms with Crippen LogP contribution in [0.5, 0.6) is 0 Å². The number of benzene rings is 1. The first-order chi connectivity index (χ1) is 10.3. The summed E-state index contributed by atoms with van der Waals surface area (Å²) in [6.07, 6.45) is 10.7. The number of hydrogen-bond donors (Lipinski definition) is 1. The van der Waals surface area contributed by atoms with E-state index in [2.05, 4.69) is 22.6 Å². The first-order valence-corrected chi connectivity index (χ1v) is 7.33. The molecule has 21 heavy (non-hydrogen) atoms. The molecular weight excluding hydrogens is 262 g/mol. The highest BCUT2D eigenvalue weighted by molar-refractivity contribution is 5.92. The first-order valence-electron chi connectivity index (χ1n) is 7.33. The fourth-order valence-corrected chi connectivity index (χ4v) is 2.60. The van der Waals surface area contributed by atoms with Gasteiger partial charge in [0, 0.05) is 24.0 Å². The number of carbonyl (C=O) groups excluding carboxylic acids is 1. The van der Waals surface area contributed by atoms with Crippen LogP contribution in [-0.4, -0.2) is 15.7 Å². The number of nitrogens with one attached hydrogen (secondary N) is 1. The summed E-state index contributed by atoms with van der Waals surface area (Å²) in [5.41, 5.74) is 1.99. The van der Waals surface area contributed by atoms with E-state index in [1.807, 2.05) is 41.2 Å². The van der Waals surface area contributed by atoms with Crippen LogP contribution in [0.15, 0.2) is 54.9 Å². The van der Waals surface area contributed by atoms with Crippen LogP contribution in [0.1, 0.15) is 24.8 Å². The van der Waals surface area contributed by atoms with Crippen LogP contribution in [0.3, 0.4) is 0 Å². The van der Waals surface area contributed by atoms with Gasteiger partial charge < -0.3 is 5.32 Å². The predicted molar refractivity (Wildman–Crippen MR) is 82.9 cm³/mol. The molecule has 1 aliphatic rings. The maximum Gasteiger partial charge on any atom is 0.227 e. The lowest BCUT2D eigenvalue weighted by Crippen LogP contribution is -2.23. The van der Waals surface area contributed by atoms with Crippen molar-refractivity contribution in [2.75, 3.05) is 5.32 Å². The van der Waals surface area contributed by atoms with Gasteiger partial charge in [0.15, 0.2) is 0 Å². The van der Waals surface area contributed by atoms with Crippen LogP contribution in [0.4, 0.5) is 5.69 Å². The summed E-state index contributed by atoms with van der Waals surface area (Å²) in [5.74, 6) is 0.223. The third-order valence-corrected chi connectivity index (χ3v) is 3.74. The zero-order valence-corrected chi connectivity index (χ0v) is 11.9. The minimum Gasteiger partial charge on any atom is -0.326 e. The second-order valence-corrected chi connectivity index (χ2v) is 5.37. The molecule has 0 saturated heterocycles. The van der Waals surface area contributed by atoms with E-state index in [-0.39, 0.29) is 11.8 Å². The smallest absolute Gasteiger partial charge is 0.227 e. The van der Waals surface area contributed by atoms with Gasteiger partial charge in [-0.05, 0) is 43.0 Å². The highest BCUT2D eigenvalue weighted by Crippen LogP contribution is 2.20. The third kappa shape index (κ3) is 3.60. The van der Waals surface area contributed by atoms with Crippen LogP contribution >= 0.6 is 0 Å². The number of rotatable bonds is 4. The number of amides is 1. The molecule has 0 aliphatic heterocycles. The van der Waals surface area contributed by atoms with Gasteiger partial charge in [0.1, 0.15) is 0 Å². The number of aromatic nitrogens is 2. The molecule has 0 bridgehead atoms. The first kappa shape index (κ1) is 13.6. The van der Waals surface area contributed by atoms with E-state index in [9.17, 15) is 4.79 Å².